The lowest BCUT2D eigenvalue weighted by atomic mass is 10.2. The Morgan fingerprint density at radius 3 is 2.60 bits per heavy atom. The number of aromatic nitrogens is 2. The lowest BCUT2D eigenvalue weighted by molar-refractivity contribution is 0.0521. The summed E-state index contributed by atoms with van der Waals surface area (Å²) in [5, 5.41) is 0. The Bertz CT molecular complexity index is 670. The first-order chi connectivity index (χ1) is 9.45. The third kappa shape index (κ3) is 2.31. The number of esters is 1. The number of hydrogen-bond acceptors (Lipinski definition) is 4. The van der Waals surface area contributed by atoms with Crippen LogP contribution in [0.25, 0.3) is 5.69 Å². The van der Waals surface area contributed by atoms with Crippen LogP contribution in [0.4, 0.5) is 19.0 Å². The Labute approximate surface area is 111 Å². The average molecular weight is 285 g/mol. The number of benzene rings is 1. The Morgan fingerprint density at radius 1 is 1.30 bits per heavy atom. The number of carbonyl (C=O) groups excluding carboxylic acids is 1. The minimum atomic E-state index is -1.32. The van der Waals surface area contributed by atoms with Gasteiger partial charge in [-0.1, -0.05) is 0 Å². The molecule has 1 aromatic carbocycles. The van der Waals surface area contributed by atoms with E-state index in [2.05, 4.69) is 4.98 Å². The normalized spacial score (nSPS) is 10.6. The summed E-state index contributed by atoms with van der Waals surface area (Å²) in [6, 6.07) is 1.01. The highest BCUT2D eigenvalue weighted by Gasteiger charge is 2.20. The van der Waals surface area contributed by atoms with E-state index in [1.165, 1.54) is 0 Å². The quantitative estimate of drug-likeness (QED) is 0.692. The van der Waals surface area contributed by atoms with Gasteiger partial charge < -0.3 is 10.5 Å². The number of halogens is 3. The summed E-state index contributed by atoms with van der Waals surface area (Å²) < 4.78 is 45.3. The van der Waals surface area contributed by atoms with E-state index in [0.29, 0.717) is 12.1 Å². The Hall–Kier alpha value is -2.51. The number of ether oxygens (including phenoxy) is 1. The largest absolute Gasteiger partial charge is 0.461 e. The fraction of sp³-hybridized carbons (Fsp3) is 0.167. The standard InChI is InChI=1S/C12H10F3N3O2/c1-2-20-12(19)10-11(16)18(5-17-10)9-4-7(14)6(13)3-8(9)15/h3-5H,2,16H2,1H3. The Balaban J connectivity index is 2.50. The van der Waals surface area contributed by atoms with E-state index in [-0.39, 0.29) is 23.8 Å². The van der Waals surface area contributed by atoms with Crippen molar-refractivity contribution in [1.29, 1.82) is 0 Å². The van der Waals surface area contributed by atoms with Crippen LogP contribution in [0.5, 0.6) is 0 Å². The lowest BCUT2D eigenvalue weighted by Gasteiger charge is -2.07. The van der Waals surface area contributed by atoms with Crippen molar-refractivity contribution in [2.24, 2.45) is 0 Å². The molecule has 2 aromatic rings. The molecular formula is C12H10F3N3O2. The van der Waals surface area contributed by atoms with Gasteiger partial charge in [0.1, 0.15) is 18.0 Å². The molecule has 0 bridgehead atoms. The monoisotopic (exact) mass is 285 g/mol. The first-order valence-corrected chi connectivity index (χ1v) is 5.60. The number of nitrogen functional groups attached to an aromatic ring is 1. The highest BCUT2D eigenvalue weighted by Crippen LogP contribution is 2.22. The molecule has 0 saturated heterocycles. The smallest absolute Gasteiger partial charge is 0.360 e. The van der Waals surface area contributed by atoms with Gasteiger partial charge in [-0.25, -0.2) is 22.9 Å². The van der Waals surface area contributed by atoms with Crippen LogP contribution in [-0.2, 0) is 4.74 Å². The molecule has 5 nitrogen and oxygen atoms in total. The molecule has 8 heteroatoms. The van der Waals surface area contributed by atoms with Crippen LogP contribution in [0.2, 0.25) is 0 Å². The first-order valence-electron chi connectivity index (χ1n) is 5.60. The number of rotatable bonds is 3. The number of hydrogen-bond donors (Lipinski definition) is 1. The molecule has 0 fully saturated rings. The SMILES string of the molecule is CCOC(=O)c1ncn(-c2cc(F)c(F)cc2F)c1N. The van der Waals surface area contributed by atoms with Gasteiger partial charge in [0.15, 0.2) is 17.3 Å². The minimum Gasteiger partial charge on any atom is -0.461 e. The molecule has 20 heavy (non-hydrogen) atoms. The van der Waals surface area contributed by atoms with Crippen LogP contribution in [-0.4, -0.2) is 22.1 Å². The maximum absolute atomic E-state index is 13.6. The van der Waals surface area contributed by atoms with Crippen LogP contribution in [0.3, 0.4) is 0 Å². The number of nitrogens with two attached hydrogens (primary N) is 1. The van der Waals surface area contributed by atoms with Gasteiger partial charge in [0.2, 0.25) is 0 Å². The highest BCUT2D eigenvalue weighted by molar-refractivity contribution is 5.92. The molecule has 2 rings (SSSR count). The van der Waals surface area contributed by atoms with Crippen molar-refractivity contribution in [3.8, 4) is 5.69 Å². The van der Waals surface area contributed by atoms with E-state index in [1.54, 1.807) is 6.92 Å². The van der Waals surface area contributed by atoms with Crippen molar-refractivity contribution < 1.29 is 22.7 Å². The number of anilines is 1. The van der Waals surface area contributed by atoms with Crippen LogP contribution in [0, 0.1) is 17.5 Å². The third-order valence-electron chi connectivity index (χ3n) is 2.52. The summed E-state index contributed by atoms with van der Waals surface area (Å²) in [6.07, 6.45) is 1.03. The van der Waals surface area contributed by atoms with Gasteiger partial charge in [0.05, 0.1) is 12.3 Å². The molecule has 0 radical (unpaired) electrons. The summed E-state index contributed by atoms with van der Waals surface area (Å²) in [5.74, 6) is -4.62. The molecule has 0 aliphatic carbocycles. The summed E-state index contributed by atoms with van der Waals surface area (Å²) in [7, 11) is 0. The summed E-state index contributed by atoms with van der Waals surface area (Å²) in [5.41, 5.74) is 5.06. The van der Waals surface area contributed by atoms with E-state index in [0.717, 1.165) is 10.9 Å². The zero-order chi connectivity index (χ0) is 14.9. The molecular weight excluding hydrogens is 275 g/mol. The summed E-state index contributed by atoms with van der Waals surface area (Å²) in [4.78, 5) is 15.2. The molecule has 0 spiro atoms. The van der Waals surface area contributed by atoms with Crippen LogP contribution >= 0.6 is 0 Å². The van der Waals surface area contributed by atoms with Gasteiger partial charge in [-0.2, -0.15) is 0 Å². The second-order valence-corrected chi connectivity index (χ2v) is 3.79. The molecule has 106 valence electrons. The van der Waals surface area contributed by atoms with E-state index < -0.39 is 23.4 Å². The van der Waals surface area contributed by atoms with Gasteiger partial charge in [0.25, 0.3) is 0 Å². The molecule has 1 aromatic heterocycles. The van der Waals surface area contributed by atoms with Crippen molar-refractivity contribution in [2.75, 3.05) is 12.3 Å². The topological polar surface area (TPSA) is 70.1 Å². The Morgan fingerprint density at radius 2 is 1.95 bits per heavy atom. The molecule has 0 amide bonds. The van der Waals surface area contributed by atoms with E-state index >= 15 is 0 Å². The van der Waals surface area contributed by atoms with Gasteiger partial charge in [-0.05, 0) is 6.92 Å². The molecule has 0 aliphatic heterocycles. The zero-order valence-corrected chi connectivity index (χ0v) is 10.4. The minimum absolute atomic E-state index is 0.116. The first kappa shape index (κ1) is 13.9. The van der Waals surface area contributed by atoms with E-state index in [1.807, 2.05) is 0 Å². The molecule has 2 N–H and O–H groups in total. The van der Waals surface area contributed by atoms with Crippen molar-refractivity contribution >= 4 is 11.8 Å². The zero-order valence-electron chi connectivity index (χ0n) is 10.4. The van der Waals surface area contributed by atoms with Crippen molar-refractivity contribution in [3.63, 3.8) is 0 Å². The van der Waals surface area contributed by atoms with E-state index in [4.69, 9.17) is 10.5 Å². The number of nitrogens with zero attached hydrogens (tertiary/aromatic N) is 2. The second-order valence-electron chi connectivity index (χ2n) is 3.79. The van der Waals surface area contributed by atoms with Gasteiger partial charge >= 0.3 is 5.97 Å². The molecule has 0 saturated carbocycles. The van der Waals surface area contributed by atoms with Crippen LogP contribution < -0.4 is 5.73 Å². The Kier molecular flexibility index (Phi) is 3.64. The van der Waals surface area contributed by atoms with Gasteiger partial charge in [0, 0.05) is 12.1 Å². The molecule has 0 unspecified atom stereocenters. The predicted molar refractivity (Wildman–Crippen MR) is 63.8 cm³/mol. The average Bonchev–Trinajstić information content (AvgIpc) is 2.76. The van der Waals surface area contributed by atoms with Gasteiger partial charge in [-0.15, -0.1) is 0 Å². The fourth-order valence-electron chi connectivity index (χ4n) is 1.60. The molecule has 1 heterocycles. The van der Waals surface area contributed by atoms with Crippen molar-refractivity contribution in [2.45, 2.75) is 6.92 Å². The molecule has 0 atom stereocenters. The number of imidazole rings is 1. The number of carbonyl (C=O) groups is 1. The van der Waals surface area contributed by atoms with E-state index in [9.17, 15) is 18.0 Å². The van der Waals surface area contributed by atoms with Gasteiger partial charge in [-0.3, -0.25) is 4.57 Å². The second kappa shape index (κ2) is 5.24. The maximum Gasteiger partial charge on any atom is 0.360 e. The highest BCUT2D eigenvalue weighted by atomic mass is 19.2. The predicted octanol–water partition coefficient (Wildman–Crippen LogP) is 2.05. The third-order valence-corrected chi connectivity index (χ3v) is 2.52. The summed E-state index contributed by atoms with van der Waals surface area (Å²) >= 11 is 0. The van der Waals surface area contributed by atoms with Crippen LogP contribution in [0.1, 0.15) is 17.4 Å². The molecule has 0 aliphatic rings. The summed E-state index contributed by atoms with van der Waals surface area (Å²) in [6.45, 7) is 1.71. The van der Waals surface area contributed by atoms with Crippen LogP contribution in [0.15, 0.2) is 18.5 Å². The van der Waals surface area contributed by atoms with Crippen molar-refractivity contribution in [1.82, 2.24) is 9.55 Å². The fourth-order valence-corrected chi connectivity index (χ4v) is 1.60. The van der Waals surface area contributed by atoms with Crippen molar-refractivity contribution in [3.05, 3.63) is 41.6 Å². The maximum atomic E-state index is 13.6. The lowest BCUT2D eigenvalue weighted by Crippen LogP contribution is -2.10.